The van der Waals surface area contributed by atoms with Crippen LogP contribution in [-0.2, 0) is 9.53 Å². The Balaban J connectivity index is 4.52. The zero-order valence-electron chi connectivity index (χ0n) is 10.5. The number of carbonyl (C=O) groups excluding carboxylic acids is 1. The van der Waals surface area contributed by atoms with Crippen molar-refractivity contribution >= 4 is 5.97 Å². The minimum absolute atomic E-state index is 0.111. The quantitative estimate of drug-likeness (QED) is 0.383. The highest BCUT2D eigenvalue weighted by Gasteiger charge is 2.34. The molecule has 0 aromatic heterocycles. The highest BCUT2D eigenvalue weighted by Crippen LogP contribution is 2.30. The second kappa shape index (κ2) is 6.45. The molecule has 0 heterocycles. The monoisotopic (exact) mass is 231 g/mol. The molecule has 1 atom stereocenters. The largest absolute Gasteiger partial charge is 0.466 e. The molecule has 0 unspecified atom stereocenters. The van der Waals surface area contributed by atoms with Gasteiger partial charge in [0, 0.05) is 10.3 Å². The van der Waals surface area contributed by atoms with Gasteiger partial charge in [0.15, 0.2) is 0 Å². The number of esters is 1. The Kier molecular flexibility index (Phi) is 6.00. The second-order valence-corrected chi connectivity index (χ2v) is 4.88. The molecule has 0 radical (unpaired) electrons. The van der Waals surface area contributed by atoms with Crippen LogP contribution in [0, 0.1) is 21.4 Å². The average molecular weight is 231 g/mol. The van der Waals surface area contributed by atoms with Gasteiger partial charge in [-0.25, -0.2) is 0 Å². The van der Waals surface area contributed by atoms with Crippen molar-refractivity contribution in [3.05, 3.63) is 10.1 Å². The normalized spacial score (nSPS) is 14.6. The standard InChI is InChI=1S/C11H21NO4/c1-5-16-10(13)7-11(4,6-9(2)3)8-12(14)15/h9H,5-8H2,1-4H3/t11-/m0/s1. The van der Waals surface area contributed by atoms with Gasteiger partial charge in [-0.05, 0) is 19.3 Å². The van der Waals surface area contributed by atoms with Crippen molar-refractivity contribution in [3.8, 4) is 0 Å². The van der Waals surface area contributed by atoms with Crippen molar-refractivity contribution in [2.75, 3.05) is 13.2 Å². The zero-order chi connectivity index (χ0) is 12.8. The lowest BCUT2D eigenvalue weighted by atomic mass is 9.79. The molecule has 0 amide bonds. The summed E-state index contributed by atoms with van der Waals surface area (Å²) < 4.78 is 4.84. The maximum atomic E-state index is 11.4. The van der Waals surface area contributed by atoms with E-state index in [0.717, 1.165) is 0 Å². The molecule has 0 N–H and O–H groups in total. The molecule has 94 valence electrons. The van der Waals surface area contributed by atoms with Crippen molar-refractivity contribution < 1.29 is 14.5 Å². The van der Waals surface area contributed by atoms with Gasteiger partial charge in [0.1, 0.15) is 0 Å². The van der Waals surface area contributed by atoms with Crippen LogP contribution in [0.4, 0.5) is 0 Å². The van der Waals surface area contributed by atoms with Gasteiger partial charge in [0.05, 0.1) is 13.0 Å². The van der Waals surface area contributed by atoms with Crippen LogP contribution < -0.4 is 0 Å². The zero-order valence-corrected chi connectivity index (χ0v) is 10.5. The molecule has 16 heavy (non-hydrogen) atoms. The summed E-state index contributed by atoms with van der Waals surface area (Å²) in [6, 6.07) is 0. The van der Waals surface area contributed by atoms with Crippen molar-refractivity contribution in [2.24, 2.45) is 11.3 Å². The molecule has 0 aromatic carbocycles. The molecule has 5 heteroatoms. The Morgan fingerprint density at radius 2 is 2.06 bits per heavy atom. The van der Waals surface area contributed by atoms with Crippen LogP contribution in [0.15, 0.2) is 0 Å². The fourth-order valence-electron chi connectivity index (χ4n) is 2.05. The molecule has 0 aliphatic heterocycles. The summed E-state index contributed by atoms with van der Waals surface area (Å²) in [5, 5.41) is 10.6. The van der Waals surface area contributed by atoms with E-state index >= 15 is 0 Å². The molecule has 5 nitrogen and oxygen atoms in total. The van der Waals surface area contributed by atoms with Crippen molar-refractivity contribution in [1.29, 1.82) is 0 Å². The summed E-state index contributed by atoms with van der Waals surface area (Å²) >= 11 is 0. The van der Waals surface area contributed by atoms with Crippen molar-refractivity contribution in [3.63, 3.8) is 0 Å². The molecule has 0 aliphatic rings. The number of ether oxygens (including phenoxy) is 1. The van der Waals surface area contributed by atoms with Crippen LogP contribution in [-0.4, -0.2) is 24.0 Å². The van der Waals surface area contributed by atoms with Crippen LogP contribution in [0.5, 0.6) is 0 Å². The first kappa shape index (κ1) is 14.9. The van der Waals surface area contributed by atoms with Crippen LogP contribution >= 0.6 is 0 Å². The second-order valence-electron chi connectivity index (χ2n) is 4.88. The summed E-state index contributed by atoms with van der Waals surface area (Å²) in [5.41, 5.74) is -0.607. The number of hydrogen-bond donors (Lipinski definition) is 0. The van der Waals surface area contributed by atoms with Gasteiger partial charge in [-0.1, -0.05) is 20.8 Å². The molecule has 0 aromatic rings. The van der Waals surface area contributed by atoms with Gasteiger partial charge in [0.25, 0.3) is 0 Å². The summed E-state index contributed by atoms with van der Waals surface area (Å²) in [6.45, 7) is 7.60. The third-order valence-corrected chi connectivity index (χ3v) is 2.29. The Morgan fingerprint density at radius 1 is 1.50 bits per heavy atom. The van der Waals surface area contributed by atoms with E-state index in [4.69, 9.17) is 4.74 Å². The highest BCUT2D eigenvalue weighted by atomic mass is 16.6. The van der Waals surface area contributed by atoms with E-state index in [0.29, 0.717) is 18.9 Å². The molecule has 0 spiro atoms. The smallest absolute Gasteiger partial charge is 0.306 e. The van der Waals surface area contributed by atoms with Gasteiger partial charge < -0.3 is 4.74 Å². The summed E-state index contributed by atoms with van der Waals surface area (Å²) in [6.07, 6.45) is 0.757. The number of nitro groups is 1. The number of rotatable bonds is 7. The Hall–Kier alpha value is -1.13. The molecular formula is C11H21NO4. The van der Waals surface area contributed by atoms with Gasteiger partial charge in [-0.15, -0.1) is 0 Å². The summed E-state index contributed by atoms with van der Waals surface area (Å²) in [5.74, 6) is -0.0353. The van der Waals surface area contributed by atoms with E-state index in [9.17, 15) is 14.9 Å². The topological polar surface area (TPSA) is 69.4 Å². The molecule has 0 rings (SSSR count). The predicted octanol–water partition coefficient (Wildman–Crippen LogP) is 2.27. The van der Waals surface area contributed by atoms with Crippen LogP contribution in [0.3, 0.4) is 0 Å². The predicted molar refractivity (Wildman–Crippen MR) is 60.7 cm³/mol. The van der Waals surface area contributed by atoms with E-state index < -0.39 is 5.41 Å². The highest BCUT2D eigenvalue weighted by molar-refractivity contribution is 5.70. The number of nitrogens with zero attached hydrogens (tertiary/aromatic N) is 1. The number of carbonyl (C=O) groups is 1. The first-order valence-corrected chi connectivity index (χ1v) is 5.56. The molecule has 0 bridgehead atoms. The molecule has 0 saturated carbocycles. The van der Waals surface area contributed by atoms with Crippen LogP contribution in [0.2, 0.25) is 0 Å². The molecule has 0 aliphatic carbocycles. The van der Waals surface area contributed by atoms with E-state index in [1.165, 1.54) is 0 Å². The maximum absolute atomic E-state index is 11.4. The fraction of sp³-hybridized carbons (Fsp3) is 0.909. The van der Waals surface area contributed by atoms with Crippen molar-refractivity contribution in [2.45, 2.75) is 40.5 Å². The van der Waals surface area contributed by atoms with E-state index in [2.05, 4.69) is 0 Å². The first-order valence-electron chi connectivity index (χ1n) is 5.56. The lowest BCUT2D eigenvalue weighted by Gasteiger charge is -2.26. The van der Waals surface area contributed by atoms with Gasteiger partial charge >= 0.3 is 5.97 Å². The SMILES string of the molecule is CCOC(=O)C[C@](C)(CC(C)C)C[N+](=O)[O-]. The lowest BCUT2D eigenvalue weighted by molar-refractivity contribution is -0.497. The lowest BCUT2D eigenvalue weighted by Crippen LogP contribution is -2.31. The minimum atomic E-state index is -0.607. The van der Waals surface area contributed by atoms with Crippen molar-refractivity contribution in [1.82, 2.24) is 0 Å². The molecular weight excluding hydrogens is 210 g/mol. The summed E-state index contributed by atoms with van der Waals surface area (Å²) in [7, 11) is 0. The van der Waals surface area contributed by atoms with Gasteiger partial charge in [-0.3, -0.25) is 14.9 Å². The number of hydrogen-bond acceptors (Lipinski definition) is 4. The Labute approximate surface area is 96.3 Å². The first-order chi connectivity index (χ1) is 7.29. The minimum Gasteiger partial charge on any atom is -0.466 e. The van der Waals surface area contributed by atoms with E-state index in [-0.39, 0.29) is 23.9 Å². The van der Waals surface area contributed by atoms with E-state index in [1.807, 2.05) is 13.8 Å². The van der Waals surface area contributed by atoms with E-state index in [1.54, 1.807) is 13.8 Å². The maximum Gasteiger partial charge on any atom is 0.306 e. The third kappa shape index (κ3) is 6.37. The van der Waals surface area contributed by atoms with Crippen LogP contribution in [0.1, 0.15) is 40.5 Å². The van der Waals surface area contributed by atoms with Gasteiger partial charge in [-0.2, -0.15) is 0 Å². The van der Waals surface area contributed by atoms with Crippen LogP contribution in [0.25, 0.3) is 0 Å². The summed E-state index contributed by atoms with van der Waals surface area (Å²) in [4.78, 5) is 21.6. The fourth-order valence-corrected chi connectivity index (χ4v) is 2.05. The average Bonchev–Trinajstić information content (AvgIpc) is 1.98. The van der Waals surface area contributed by atoms with Gasteiger partial charge in [0.2, 0.25) is 6.54 Å². The Bertz CT molecular complexity index is 252. The molecule has 0 saturated heterocycles. The third-order valence-electron chi connectivity index (χ3n) is 2.29. The Morgan fingerprint density at radius 3 is 2.44 bits per heavy atom. The molecule has 0 fully saturated rings.